The second-order valence-electron chi connectivity index (χ2n) is 22.6. The average Bonchev–Trinajstić information content (AvgIpc) is 3.39. The van der Waals surface area contributed by atoms with Crippen LogP contribution in [0.3, 0.4) is 0 Å². The summed E-state index contributed by atoms with van der Waals surface area (Å²) in [6.07, 6.45) is 50.2. The van der Waals surface area contributed by atoms with Crippen molar-refractivity contribution >= 4 is 13.7 Å². The van der Waals surface area contributed by atoms with Crippen LogP contribution in [-0.2, 0) is 18.4 Å². The van der Waals surface area contributed by atoms with Crippen LogP contribution in [0.1, 0.15) is 316 Å². The maximum absolute atomic E-state index is 13.1. The molecule has 9 atom stereocenters. The third-order valence-electron chi connectivity index (χ3n) is 15.6. The molecule has 1 fully saturated rings. The SMILES string of the molecule is CCCCCCCCCCCCCCCCC/C=C/[C@@H](O)[C@H](COP(=O)(O)OC1C(O)C(O)C(O)[C@@H](O)C1O)NC(=O)CCCCCCCCCCCCCCCCCCCCCCCCCCCCCCCC. The Morgan fingerprint density at radius 2 is 0.716 bits per heavy atom. The molecule has 1 aliphatic carbocycles. The second kappa shape index (κ2) is 50.3. The minimum Gasteiger partial charge on any atom is -0.387 e. The first kappa shape index (κ1) is 71.1. The molecule has 1 aliphatic rings. The van der Waals surface area contributed by atoms with Crippen molar-refractivity contribution in [1.82, 2.24) is 5.32 Å². The highest BCUT2D eigenvalue weighted by molar-refractivity contribution is 7.47. The van der Waals surface area contributed by atoms with Gasteiger partial charge in [0.25, 0.3) is 0 Å². The molecule has 0 spiro atoms. The van der Waals surface area contributed by atoms with Crippen molar-refractivity contribution in [2.45, 2.75) is 364 Å². The summed E-state index contributed by atoms with van der Waals surface area (Å²) in [5, 5.41) is 64.4. The number of amides is 1. The van der Waals surface area contributed by atoms with E-state index in [4.69, 9.17) is 9.05 Å². The number of hydrogen-bond acceptors (Lipinski definition) is 10. The highest BCUT2D eigenvalue weighted by atomic mass is 31.2. The van der Waals surface area contributed by atoms with Gasteiger partial charge in [0.15, 0.2) is 0 Å². The molecule has 0 aromatic carbocycles. The number of phosphoric acid groups is 1. The quantitative estimate of drug-likeness (QED) is 0.0163. The lowest BCUT2D eigenvalue weighted by atomic mass is 9.85. The first-order valence-corrected chi connectivity index (χ1v) is 33.1. The minimum absolute atomic E-state index is 0.220. The van der Waals surface area contributed by atoms with Crippen LogP contribution in [0.5, 0.6) is 0 Å². The number of unbranched alkanes of at least 4 members (excludes halogenated alkanes) is 44. The van der Waals surface area contributed by atoms with Gasteiger partial charge >= 0.3 is 7.82 Å². The van der Waals surface area contributed by atoms with Crippen molar-refractivity contribution in [3.05, 3.63) is 12.2 Å². The number of hydrogen-bond donors (Lipinski definition) is 8. The summed E-state index contributed by atoms with van der Waals surface area (Å²) in [4.78, 5) is 23.6. The summed E-state index contributed by atoms with van der Waals surface area (Å²) in [7, 11) is -5.09. The summed E-state index contributed by atoms with van der Waals surface area (Å²) < 4.78 is 23.1. The molecule has 6 unspecified atom stereocenters. The molecule has 8 N–H and O–H groups in total. The van der Waals surface area contributed by atoms with E-state index in [0.29, 0.717) is 6.42 Å². The molecule has 440 valence electrons. The van der Waals surface area contributed by atoms with Crippen molar-refractivity contribution in [2.24, 2.45) is 0 Å². The summed E-state index contributed by atoms with van der Waals surface area (Å²) in [6.45, 7) is 3.90. The number of aliphatic hydroxyl groups is 6. The van der Waals surface area contributed by atoms with Gasteiger partial charge in [0.05, 0.1) is 18.8 Å². The standard InChI is InChI=1S/C61H120NO11P/c1-3-5-7-9-11-13-15-17-19-21-22-23-24-25-26-27-28-29-30-31-32-33-35-37-39-41-43-45-47-49-51-55(64)62-53(52-72-74(70,71)73-61-59(68)57(66)56(65)58(67)60(61)69)54(63)50-48-46-44-42-40-38-36-34-20-18-16-14-12-10-8-6-4-2/h48,50,53-54,56-61,63,65-69H,3-47,49,51-52H2,1-2H3,(H,62,64)(H,70,71)/b50-48+/t53-,54+,56?,57+,58?,59?,60?,61?/m0/s1. The lowest BCUT2D eigenvalue weighted by Crippen LogP contribution is -2.64. The zero-order valence-electron chi connectivity index (χ0n) is 47.9. The number of nitrogens with one attached hydrogen (secondary N) is 1. The molecule has 0 radical (unpaired) electrons. The van der Waals surface area contributed by atoms with Gasteiger partial charge in [0.2, 0.25) is 5.91 Å². The maximum Gasteiger partial charge on any atom is 0.472 e. The van der Waals surface area contributed by atoms with Crippen molar-refractivity contribution < 1.29 is 53.9 Å². The Morgan fingerprint density at radius 3 is 1.03 bits per heavy atom. The van der Waals surface area contributed by atoms with Crippen LogP contribution in [-0.4, -0.2) is 96.8 Å². The number of allylic oxidation sites excluding steroid dienone is 1. The van der Waals surface area contributed by atoms with Gasteiger partial charge in [-0.1, -0.05) is 302 Å². The van der Waals surface area contributed by atoms with Gasteiger partial charge in [-0.15, -0.1) is 0 Å². The Hall–Kier alpha value is -0.920. The smallest absolute Gasteiger partial charge is 0.387 e. The van der Waals surface area contributed by atoms with Crippen molar-refractivity contribution in [2.75, 3.05) is 6.61 Å². The molecule has 1 amide bonds. The Labute approximate surface area is 454 Å². The average molecular weight is 1070 g/mol. The van der Waals surface area contributed by atoms with Gasteiger partial charge in [0, 0.05) is 6.42 Å². The topological polar surface area (TPSA) is 206 Å². The maximum atomic E-state index is 13.1. The van der Waals surface area contributed by atoms with Gasteiger partial charge < -0.3 is 40.8 Å². The lowest BCUT2D eigenvalue weighted by molar-refractivity contribution is -0.220. The second-order valence-corrected chi connectivity index (χ2v) is 24.0. The van der Waals surface area contributed by atoms with Crippen LogP contribution in [0.15, 0.2) is 12.2 Å². The zero-order valence-corrected chi connectivity index (χ0v) is 48.8. The van der Waals surface area contributed by atoms with Crippen LogP contribution in [0.4, 0.5) is 0 Å². The number of rotatable bonds is 55. The molecule has 0 aromatic heterocycles. The highest BCUT2D eigenvalue weighted by Crippen LogP contribution is 2.47. The molecule has 74 heavy (non-hydrogen) atoms. The first-order valence-electron chi connectivity index (χ1n) is 31.6. The van der Waals surface area contributed by atoms with Crippen LogP contribution < -0.4 is 5.32 Å². The lowest BCUT2D eigenvalue weighted by Gasteiger charge is -2.41. The van der Waals surface area contributed by atoms with Gasteiger partial charge in [-0.2, -0.15) is 0 Å². The van der Waals surface area contributed by atoms with E-state index >= 15 is 0 Å². The predicted molar refractivity (Wildman–Crippen MR) is 306 cm³/mol. The zero-order chi connectivity index (χ0) is 54.2. The third kappa shape index (κ3) is 40.3. The number of carbonyl (C=O) groups is 1. The molecule has 1 rings (SSSR count). The van der Waals surface area contributed by atoms with Gasteiger partial charge in [-0.05, 0) is 19.3 Å². The summed E-state index contributed by atoms with van der Waals surface area (Å²) >= 11 is 0. The molecule has 12 nitrogen and oxygen atoms in total. The highest BCUT2D eigenvalue weighted by Gasteiger charge is 2.51. The normalized spacial score (nSPS) is 20.8. The minimum atomic E-state index is -5.09. The molecule has 1 saturated carbocycles. The molecule has 0 saturated heterocycles. The Kier molecular flexibility index (Phi) is 48.3. The molecule has 0 aromatic rings. The monoisotopic (exact) mass is 1070 g/mol. The van der Waals surface area contributed by atoms with Gasteiger partial charge in [-0.3, -0.25) is 13.8 Å². The summed E-state index contributed by atoms with van der Waals surface area (Å²) in [5.74, 6) is -0.333. The fourth-order valence-electron chi connectivity index (χ4n) is 10.5. The van der Waals surface area contributed by atoms with Gasteiger partial charge in [-0.25, -0.2) is 4.57 Å². The predicted octanol–water partition coefficient (Wildman–Crippen LogP) is 15.1. The third-order valence-corrected chi connectivity index (χ3v) is 16.6. The molecule has 13 heteroatoms. The molecular weight excluding hydrogens is 954 g/mol. The van der Waals surface area contributed by atoms with E-state index in [2.05, 4.69) is 19.2 Å². The molecule has 0 aliphatic heterocycles. The number of phosphoric ester groups is 1. The Balaban J connectivity index is 2.24. The van der Waals surface area contributed by atoms with Crippen molar-refractivity contribution in [1.29, 1.82) is 0 Å². The summed E-state index contributed by atoms with van der Waals surface area (Å²) in [5.41, 5.74) is 0. The van der Waals surface area contributed by atoms with Gasteiger partial charge in [0.1, 0.15) is 36.6 Å². The number of aliphatic hydroxyl groups excluding tert-OH is 6. The molecule has 0 heterocycles. The Bertz CT molecular complexity index is 1290. The van der Waals surface area contributed by atoms with Crippen LogP contribution in [0.2, 0.25) is 0 Å². The van der Waals surface area contributed by atoms with E-state index in [1.807, 2.05) is 6.08 Å². The van der Waals surface area contributed by atoms with E-state index in [1.54, 1.807) is 6.08 Å². The fourth-order valence-corrected chi connectivity index (χ4v) is 11.5. The van der Waals surface area contributed by atoms with E-state index in [9.17, 15) is 44.9 Å². The van der Waals surface area contributed by atoms with Crippen LogP contribution >= 0.6 is 7.82 Å². The van der Waals surface area contributed by atoms with Crippen LogP contribution in [0, 0.1) is 0 Å². The summed E-state index contributed by atoms with van der Waals surface area (Å²) in [6, 6.07) is -1.11. The number of carbonyl (C=O) groups excluding carboxylic acids is 1. The fraction of sp³-hybridized carbons (Fsp3) is 0.951. The molecular formula is C61H120NO11P. The first-order chi connectivity index (χ1) is 35.9. The largest absolute Gasteiger partial charge is 0.472 e. The van der Waals surface area contributed by atoms with Crippen LogP contribution in [0.25, 0.3) is 0 Å². The van der Waals surface area contributed by atoms with Crippen molar-refractivity contribution in [3.8, 4) is 0 Å². The van der Waals surface area contributed by atoms with E-state index in [0.717, 1.165) is 44.9 Å². The van der Waals surface area contributed by atoms with Crippen molar-refractivity contribution in [3.63, 3.8) is 0 Å². The molecule has 0 bridgehead atoms. The van der Waals surface area contributed by atoms with E-state index < -0.39 is 63.2 Å². The van der Waals surface area contributed by atoms with E-state index in [-0.39, 0.29) is 12.3 Å². The Morgan fingerprint density at radius 1 is 0.446 bits per heavy atom. The van der Waals surface area contributed by atoms with E-state index in [1.165, 1.54) is 244 Å².